The number of hydrogen-bond donors (Lipinski definition) is 3. The summed E-state index contributed by atoms with van der Waals surface area (Å²) in [5.41, 5.74) is 2.09. The maximum atomic E-state index is 12.0. The largest absolute Gasteiger partial charge is 0.494 e. The van der Waals surface area contributed by atoms with Crippen molar-refractivity contribution < 1.29 is 14.3 Å². The molecule has 0 spiro atoms. The van der Waals surface area contributed by atoms with Crippen molar-refractivity contribution in [1.29, 1.82) is 0 Å². The molecule has 0 saturated heterocycles. The number of carbonyl (C=O) groups is 1. The fourth-order valence-electron chi connectivity index (χ4n) is 2.46. The van der Waals surface area contributed by atoms with E-state index in [0.29, 0.717) is 18.2 Å². The van der Waals surface area contributed by atoms with Crippen molar-refractivity contribution in [3.63, 3.8) is 0 Å². The Bertz CT molecular complexity index is 666. The van der Waals surface area contributed by atoms with Gasteiger partial charge in [0.2, 0.25) is 0 Å². The zero-order valence-corrected chi connectivity index (χ0v) is 13.0. The zero-order chi connectivity index (χ0) is 16.1. The molecule has 1 aromatic carbocycles. The van der Waals surface area contributed by atoms with Gasteiger partial charge in [-0.15, -0.1) is 0 Å². The summed E-state index contributed by atoms with van der Waals surface area (Å²) in [4.78, 5) is 12.0. The lowest BCUT2D eigenvalue weighted by molar-refractivity contribution is -0.118. The Balaban J connectivity index is 1.52. The third-order valence-electron chi connectivity index (χ3n) is 3.57. The predicted molar refractivity (Wildman–Crippen MR) is 85.7 cm³/mol. The smallest absolute Gasteiger partial charge is 0.263 e. The van der Waals surface area contributed by atoms with Crippen molar-refractivity contribution in [2.45, 2.75) is 19.9 Å². The summed E-state index contributed by atoms with van der Waals surface area (Å²) in [7, 11) is 0. The second kappa shape index (κ2) is 7.15. The molecule has 7 heteroatoms. The Hall–Kier alpha value is -2.54. The van der Waals surface area contributed by atoms with Crippen molar-refractivity contribution >= 4 is 11.7 Å². The van der Waals surface area contributed by atoms with Gasteiger partial charge in [-0.05, 0) is 44.2 Å². The van der Waals surface area contributed by atoms with Crippen LogP contribution in [0.25, 0.3) is 0 Å². The van der Waals surface area contributed by atoms with E-state index < -0.39 is 0 Å². The van der Waals surface area contributed by atoms with E-state index in [0.717, 1.165) is 36.5 Å². The lowest BCUT2D eigenvalue weighted by Crippen LogP contribution is -2.25. The third-order valence-corrected chi connectivity index (χ3v) is 3.57. The summed E-state index contributed by atoms with van der Waals surface area (Å²) in [6.07, 6.45) is 0.848. The second-order valence-corrected chi connectivity index (χ2v) is 5.20. The first-order valence-electron chi connectivity index (χ1n) is 7.68. The Morgan fingerprint density at radius 3 is 2.74 bits per heavy atom. The molecule has 7 nitrogen and oxygen atoms in total. The van der Waals surface area contributed by atoms with Crippen molar-refractivity contribution in [3.05, 3.63) is 35.5 Å². The Labute approximate surface area is 134 Å². The molecule has 3 rings (SSSR count). The average molecular weight is 316 g/mol. The molecule has 2 aromatic rings. The summed E-state index contributed by atoms with van der Waals surface area (Å²) in [6, 6.07) is 7.18. The monoisotopic (exact) mass is 316 g/mol. The number of ether oxygens (including phenoxy) is 2. The molecule has 0 fully saturated rings. The van der Waals surface area contributed by atoms with Crippen molar-refractivity contribution in [2.75, 3.05) is 25.1 Å². The number of aromatic amines is 1. The van der Waals surface area contributed by atoms with Gasteiger partial charge in [-0.3, -0.25) is 9.89 Å². The van der Waals surface area contributed by atoms with Gasteiger partial charge in [-0.25, -0.2) is 0 Å². The quantitative estimate of drug-likeness (QED) is 0.751. The Morgan fingerprint density at radius 2 is 2.00 bits per heavy atom. The number of nitrogens with zero attached hydrogens (tertiary/aromatic N) is 1. The average Bonchev–Trinajstić information content (AvgIpc) is 2.98. The van der Waals surface area contributed by atoms with E-state index in [9.17, 15) is 4.79 Å². The zero-order valence-electron chi connectivity index (χ0n) is 13.0. The van der Waals surface area contributed by atoms with E-state index in [-0.39, 0.29) is 12.5 Å². The summed E-state index contributed by atoms with van der Waals surface area (Å²) < 4.78 is 10.8. The van der Waals surface area contributed by atoms with Crippen molar-refractivity contribution in [3.8, 4) is 11.5 Å². The maximum Gasteiger partial charge on any atom is 0.263 e. The summed E-state index contributed by atoms with van der Waals surface area (Å²) >= 11 is 0. The van der Waals surface area contributed by atoms with Crippen LogP contribution in [0.15, 0.2) is 24.3 Å². The Kier molecular flexibility index (Phi) is 4.77. The van der Waals surface area contributed by atoms with Crippen LogP contribution in [0.4, 0.5) is 5.82 Å². The number of rotatable bonds is 6. The molecule has 2 heterocycles. The fourth-order valence-corrected chi connectivity index (χ4v) is 2.46. The second-order valence-electron chi connectivity index (χ2n) is 5.20. The minimum atomic E-state index is -0.230. The minimum absolute atomic E-state index is 0.0616. The lowest BCUT2D eigenvalue weighted by Gasteiger charge is -2.13. The molecule has 1 aliphatic heterocycles. The van der Waals surface area contributed by atoms with Crippen LogP contribution in [0, 0.1) is 0 Å². The number of anilines is 1. The summed E-state index contributed by atoms with van der Waals surface area (Å²) in [5, 5.41) is 13.1. The predicted octanol–water partition coefficient (Wildman–Crippen LogP) is 1.47. The highest BCUT2D eigenvalue weighted by Crippen LogP contribution is 2.20. The highest BCUT2D eigenvalue weighted by Gasteiger charge is 2.18. The van der Waals surface area contributed by atoms with E-state index in [1.807, 2.05) is 19.1 Å². The molecule has 0 aliphatic carbocycles. The van der Waals surface area contributed by atoms with Gasteiger partial charge in [0.1, 0.15) is 11.5 Å². The first kappa shape index (κ1) is 15.4. The molecular weight excluding hydrogens is 296 g/mol. The molecule has 23 heavy (non-hydrogen) atoms. The number of hydrogen-bond acceptors (Lipinski definition) is 5. The summed E-state index contributed by atoms with van der Waals surface area (Å²) in [6.45, 7) is 4.12. The van der Waals surface area contributed by atoms with Crippen LogP contribution < -0.4 is 20.1 Å². The van der Waals surface area contributed by atoms with Crippen molar-refractivity contribution in [1.82, 2.24) is 15.5 Å². The number of fused-ring (bicyclic) bond motifs is 1. The van der Waals surface area contributed by atoms with E-state index in [1.54, 1.807) is 12.1 Å². The molecule has 122 valence electrons. The first-order valence-corrected chi connectivity index (χ1v) is 7.68. The topological polar surface area (TPSA) is 88.3 Å². The molecular formula is C16H20N4O3. The van der Waals surface area contributed by atoms with Gasteiger partial charge in [0, 0.05) is 12.1 Å². The number of carbonyl (C=O) groups excluding carboxylic acids is 1. The standard InChI is InChI=1S/C16H20N4O3/c1-2-22-11-3-5-12(6-4-11)23-10-15(21)18-16-13-7-8-17-9-14(13)19-20-16/h3-6,17H,2,7-10H2,1H3,(H2,18,19,20,21). The van der Waals surface area contributed by atoms with E-state index >= 15 is 0 Å². The number of aromatic nitrogens is 2. The molecule has 0 bridgehead atoms. The van der Waals surface area contributed by atoms with Gasteiger partial charge in [-0.2, -0.15) is 5.10 Å². The van der Waals surface area contributed by atoms with Crippen LogP contribution in [0.3, 0.4) is 0 Å². The Morgan fingerprint density at radius 1 is 1.26 bits per heavy atom. The van der Waals surface area contributed by atoms with Crippen molar-refractivity contribution in [2.24, 2.45) is 0 Å². The molecule has 0 radical (unpaired) electrons. The molecule has 3 N–H and O–H groups in total. The fraction of sp³-hybridized carbons (Fsp3) is 0.375. The normalized spacial score (nSPS) is 13.3. The molecule has 1 aromatic heterocycles. The molecule has 0 atom stereocenters. The lowest BCUT2D eigenvalue weighted by atomic mass is 10.1. The number of benzene rings is 1. The maximum absolute atomic E-state index is 12.0. The number of H-pyrrole nitrogens is 1. The molecule has 0 saturated carbocycles. The van der Waals surface area contributed by atoms with E-state index in [2.05, 4.69) is 20.8 Å². The van der Waals surface area contributed by atoms with E-state index in [1.165, 1.54) is 0 Å². The van der Waals surface area contributed by atoms with Gasteiger partial charge in [0.05, 0.1) is 12.3 Å². The highest BCUT2D eigenvalue weighted by molar-refractivity contribution is 5.91. The highest BCUT2D eigenvalue weighted by atomic mass is 16.5. The van der Waals surface area contributed by atoms with Gasteiger partial charge in [0.15, 0.2) is 12.4 Å². The van der Waals surface area contributed by atoms with Crippen LogP contribution in [0.5, 0.6) is 11.5 Å². The van der Waals surface area contributed by atoms with Crippen LogP contribution >= 0.6 is 0 Å². The SMILES string of the molecule is CCOc1ccc(OCC(=O)Nc2n[nH]c3c2CCNC3)cc1. The van der Waals surface area contributed by atoms with E-state index in [4.69, 9.17) is 9.47 Å². The van der Waals surface area contributed by atoms with Gasteiger partial charge in [-0.1, -0.05) is 0 Å². The van der Waals surface area contributed by atoms with Crippen LogP contribution in [-0.2, 0) is 17.8 Å². The van der Waals surface area contributed by atoms with Gasteiger partial charge >= 0.3 is 0 Å². The third kappa shape index (κ3) is 3.81. The van der Waals surface area contributed by atoms with Crippen LogP contribution in [0.1, 0.15) is 18.2 Å². The minimum Gasteiger partial charge on any atom is -0.494 e. The van der Waals surface area contributed by atoms with Crippen LogP contribution in [0.2, 0.25) is 0 Å². The number of nitrogens with one attached hydrogen (secondary N) is 3. The van der Waals surface area contributed by atoms with Crippen LogP contribution in [-0.4, -0.2) is 35.9 Å². The van der Waals surface area contributed by atoms with Gasteiger partial charge in [0.25, 0.3) is 5.91 Å². The molecule has 1 amide bonds. The first-order chi connectivity index (χ1) is 11.3. The van der Waals surface area contributed by atoms with Gasteiger partial charge < -0.3 is 20.1 Å². The molecule has 0 unspecified atom stereocenters. The molecule has 1 aliphatic rings. The number of amides is 1. The summed E-state index contributed by atoms with van der Waals surface area (Å²) in [5.74, 6) is 1.77.